The van der Waals surface area contributed by atoms with Gasteiger partial charge >= 0.3 is 0 Å². The van der Waals surface area contributed by atoms with E-state index in [1.165, 1.54) is 25.0 Å². The summed E-state index contributed by atoms with van der Waals surface area (Å²) in [4.78, 5) is 0. The number of aromatic nitrogens is 2. The van der Waals surface area contributed by atoms with Gasteiger partial charge in [-0.1, -0.05) is 6.92 Å². The smallest absolute Gasteiger partial charge is 0.159 e. The van der Waals surface area contributed by atoms with Crippen LogP contribution in [0.15, 0.2) is 6.20 Å². The third kappa shape index (κ3) is 3.05. The van der Waals surface area contributed by atoms with Crippen molar-refractivity contribution in [3.05, 3.63) is 11.9 Å². The number of hydrogen-bond donors (Lipinski definition) is 1. The first-order valence-corrected chi connectivity index (χ1v) is 7.12. The van der Waals surface area contributed by atoms with E-state index >= 15 is 0 Å². The van der Waals surface area contributed by atoms with Crippen molar-refractivity contribution in [1.82, 2.24) is 15.1 Å². The first-order valence-electron chi connectivity index (χ1n) is 7.12. The summed E-state index contributed by atoms with van der Waals surface area (Å²) >= 11 is 0. The Kier molecular flexibility index (Phi) is 4.64. The van der Waals surface area contributed by atoms with Gasteiger partial charge in [0, 0.05) is 12.6 Å². The van der Waals surface area contributed by atoms with Crippen molar-refractivity contribution in [2.75, 3.05) is 13.7 Å². The number of methoxy groups -OCH3 is 1. The van der Waals surface area contributed by atoms with E-state index in [0.29, 0.717) is 6.04 Å². The van der Waals surface area contributed by atoms with Gasteiger partial charge in [-0.25, -0.2) is 0 Å². The Balaban J connectivity index is 1.97. The van der Waals surface area contributed by atoms with Crippen LogP contribution in [0.4, 0.5) is 0 Å². The minimum atomic E-state index is 0.667. The molecule has 1 saturated carbocycles. The molecule has 0 amide bonds. The monoisotopic (exact) mass is 251 g/mol. The Bertz CT molecular complexity index is 350. The summed E-state index contributed by atoms with van der Waals surface area (Å²) < 4.78 is 7.44. The van der Waals surface area contributed by atoms with Gasteiger partial charge in [-0.3, -0.25) is 4.68 Å². The van der Waals surface area contributed by atoms with Gasteiger partial charge in [0.05, 0.1) is 19.0 Å². The van der Waals surface area contributed by atoms with E-state index in [-0.39, 0.29) is 0 Å². The van der Waals surface area contributed by atoms with E-state index < -0.39 is 0 Å². The normalized spacial score (nSPS) is 16.8. The third-order valence-electron chi connectivity index (χ3n) is 3.78. The zero-order valence-corrected chi connectivity index (χ0v) is 11.8. The fourth-order valence-electron chi connectivity index (χ4n) is 2.65. The number of ether oxygens (including phenoxy) is 1. The molecule has 1 N–H and O–H groups in total. The number of rotatable bonds is 8. The fourth-order valence-corrected chi connectivity index (χ4v) is 2.65. The van der Waals surface area contributed by atoms with Gasteiger partial charge in [-0.15, -0.1) is 0 Å². The molecule has 1 unspecified atom stereocenters. The van der Waals surface area contributed by atoms with E-state index in [9.17, 15) is 0 Å². The molecule has 0 spiro atoms. The molecule has 1 aliphatic carbocycles. The summed E-state index contributed by atoms with van der Waals surface area (Å²) in [5.41, 5.74) is 1.24. The first-order chi connectivity index (χ1) is 8.80. The molecule has 0 aliphatic heterocycles. The fraction of sp³-hybridized carbons (Fsp3) is 0.786. The van der Waals surface area contributed by atoms with Crippen molar-refractivity contribution < 1.29 is 4.74 Å². The molecule has 1 aromatic rings. The highest BCUT2D eigenvalue weighted by Gasteiger charge is 2.30. The van der Waals surface area contributed by atoms with Gasteiger partial charge in [-0.05, 0) is 45.1 Å². The first kappa shape index (κ1) is 13.4. The van der Waals surface area contributed by atoms with Crippen LogP contribution in [0.1, 0.15) is 38.8 Å². The van der Waals surface area contributed by atoms with Crippen LogP contribution in [-0.4, -0.2) is 29.5 Å². The maximum Gasteiger partial charge on any atom is 0.159 e. The van der Waals surface area contributed by atoms with Gasteiger partial charge in [0.2, 0.25) is 0 Å². The van der Waals surface area contributed by atoms with Crippen LogP contribution in [0.2, 0.25) is 0 Å². The molecule has 1 atom stereocenters. The van der Waals surface area contributed by atoms with Crippen LogP contribution in [-0.2, 0) is 13.0 Å². The van der Waals surface area contributed by atoms with Crippen LogP contribution in [0.5, 0.6) is 5.75 Å². The predicted octanol–water partition coefficient (Wildman–Crippen LogP) is 2.23. The minimum absolute atomic E-state index is 0.667. The lowest BCUT2D eigenvalue weighted by Crippen LogP contribution is -2.31. The number of aryl methyl sites for hydroxylation is 1. The minimum Gasteiger partial charge on any atom is -0.493 e. The molecular formula is C14H25N3O. The highest BCUT2D eigenvalue weighted by atomic mass is 16.5. The summed E-state index contributed by atoms with van der Waals surface area (Å²) in [6, 6.07) is 0.667. The van der Waals surface area contributed by atoms with Crippen LogP contribution >= 0.6 is 0 Å². The quantitative estimate of drug-likeness (QED) is 0.770. The molecule has 1 aromatic heterocycles. The Hall–Kier alpha value is -1.03. The number of nitrogens with one attached hydrogen (secondary N) is 1. The third-order valence-corrected chi connectivity index (χ3v) is 3.78. The van der Waals surface area contributed by atoms with Gasteiger partial charge in [-0.2, -0.15) is 5.10 Å². The van der Waals surface area contributed by atoms with E-state index in [2.05, 4.69) is 28.9 Å². The predicted molar refractivity (Wildman–Crippen MR) is 73.0 cm³/mol. The summed E-state index contributed by atoms with van der Waals surface area (Å²) in [6.45, 7) is 6.28. The molecule has 0 aromatic carbocycles. The number of hydrogen-bond acceptors (Lipinski definition) is 3. The lowest BCUT2D eigenvalue weighted by molar-refractivity contribution is 0.398. The van der Waals surface area contributed by atoms with Gasteiger partial charge < -0.3 is 10.1 Å². The highest BCUT2D eigenvalue weighted by Crippen LogP contribution is 2.35. The summed E-state index contributed by atoms with van der Waals surface area (Å²) in [6.07, 6.45) is 6.84. The van der Waals surface area contributed by atoms with Crippen molar-refractivity contribution in [1.29, 1.82) is 0 Å². The SMILES string of the molecule is CCNC(CCc1c(OC)cnn1CC)C1CC1. The Morgan fingerprint density at radius 3 is 2.83 bits per heavy atom. The molecule has 1 fully saturated rings. The molecule has 1 heterocycles. The van der Waals surface area contributed by atoms with Crippen molar-refractivity contribution in [3.8, 4) is 5.75 Å². The van der Waals surface area contributed by atoms with Crippen LogP contribution in [0, 0.1) is 5.92 Å². The molecule has 4 nitrogen and oxygen atoms in total. The van der Waals surface area contributed by atoms with Crippen LogP contribution in [0.3, 0.4) is 0 Å². The zero-order valence-electron chi connectivity index (χ0n) is 11.8. The average molecular weight is 251 g/mol. The summed E-state index contributed by atoms with van der Waals surface area (Å²) in [7, 11) is 1.73. The molecular weight excluding hydrogens is 226 g/mol. The average Bonchev–Trinajstić information content (AvgIpc) is 3.15. The topological polar surface area (TPSA) is 39.1 Å². The Morgan fingerprint density at radius 1 is 1.50 bits per heavy atom. The summed E-state index contributed by atoms with van der Waals surface area (Å²) in [5.74, 6) is 1.83. The van der Waals surface area contributed by atoms with E-state index in [1.54, 1.807) is 7.11 Å². The lowest BCUT2D eigenvalue weighted by atomic mass is 10.0. The van der Waals surface area contributed by atoms with Crippen LogP contribution < -0.4 is 10.1 Å². The molecule has 1 aliphatic rings. The standard InChI is InChI=1S/C14H25N3O/c1-4-15-12(11-6-7-11)8-9-13-14(18-3)10-16-17(13)5-2/h10-12,15H,4-9H2,1-3H3. The second-order valence-electron chi connectivity index (χ2n) is 5.02. The molecule has 0 bridgehead atoms. The van der Waals surface area contributed by atoms with Crippen LogP contribution in [0.25, 0.3) is 0 Å². The Labute approximate surface area is 110 Å². The van der Waals surface area contributed by atoms with Gasteiger partial charge in [0.1, 0.15) is 0 Å². The van der Waals surface area contributed by atoms with Gasteiger partial charge in [0.15, 0.2) is 5.75 Å². The maximum atomic E-state index is 5.39. The van der Waals surface area contributed by atoms with Gasteiger partial charge in [0.25, 0.3) is 0 Å². The summed E-state index contributed by atoms with van der Waals surface area (Å²) in [5, 5.41) is 7.97. The van der Waals surface area contributed by atoms with Crippen molar-refractivity contribution >= 4 is 0 Å². The van der Waals surface area contributed by atoms with Crippen molar-refractivity contribution in [2.24, 2.45) is 5.92 Å². The molecule has 0 radical (unpaired) electrons. The highest BCUT2D eigenvalue weighted by molar-refractivity contribution is 5.25. The van der Waals surface area contributed by atoms with E-state index in [1.807, 2.05) is 6.20 Å². The zero-order chi connectivity index (χ0) is 13.0. The van der Waals surface area contributed by atoms with Crippen molar-refractivity contribution in [3.63, 3.8) is 0 Å². The Morgan fingerprint density at radius 2 is 2.28 bits per heavy atom. The second kappa shape index (κ2) is 6.23. The van der Waals surface area contributed by atoms with E-state index in [0.717, 1.165) is 31.2 Å². The molecule has 18 heavy (non-hydrogen) atoms. The number of nitrogens with zero attached hydrogens (tertiary/aromatic N) is 2. The second-order valence-corrected chi connectivity index (χ2v) is 5.02. The maximum absolute atomic E-state index is 5.39. The molecule has 0 saturated heterocycles. The largest absolute Gasteiger partial charge is 0.493 e. The molecule has 2 rings (SSSR count). The molecule has 4 heteroatoms. The lowest BCUT2D eigenvalue weighted by Gasteiger charge is -2.17. The van der Waals surface area contributed by atoms with Crippen molar-refractivity contribution in [2.45, 2.75) is 52.1 Å². The van der Waals surface area contributed by atoms with E-state index in [4.69, 9.17) is 4.74 Å². The molecule has 102 valence electrons.